The van der Waals surface area contributed by atoms with Gasteiger partial charge in [0.25, 0.3) is 0 Å². The molecule has 0 unspecified atom stereocenters. The molecule has 0 spiro atoms. The number of aromatic nitrogens is 1. The lowest BCUT2D eigenvalue weighted by Crippen LogP contribution is -2.13. The third kappa shape index (κ3) is 4.22. The van der Waals surface area contributed by atoms with Gasteiger partial charge >= 0.3 is 0 Å². The summed E-state index contributed by atoms with van der Waals surface area (Å²) < 4.78 is 5.70. The lowest BCUT2D eigenvalue weighted by Gasteiger charge is -2.07. The van der Waals surface area contributed by atoms with Gasteiger partial charge < -0.3 is 10.1 Å². The van der Waals surface area contributed by atoms with Gasteiger partial charge in [-0.05, 0) is 49.2 Å². The molecule has 1 aromatic carbocycles. The fourth-order valence-corrected chi connectivity index (χ4v) is 1.90. The van der Waals surface area contributed by atoms with E-state index in [1.165, 1.54) is 0 Å². The van der Waals surface area contributed by atoms with Gasteiger partial charge in [0.15, 0.2) is 0 Å². The molecule has 20 heavy (non-hydrogen) atoms. The zero-order chi connectivity index (χ0) is 14.4. The van der Waals surface area contributed by atoms with Gasteiger partial charge in [-0.15, -0.1) is 0 Å². The molecule has 106 valence electrons. The monoisotopic (exact) mass is 290 g/mol. The smallest absolute Gasteiger partial charge is 0.219 e. The average molecular weight is 291 g/mol. The van der Waals surface area contributed by atoms with Crippen LogP contribution in [0.3, 0.4) is 0 Å². The summed E-state index contributed by atoms with van der Waals surface area (Å²) in [7, 11) is 0. The summed E-state index contributed by atoms with van der Waals surface area (Å²) >= 11 is 5.99. The number of ether oxygens (including phenoxy) is 1. The molecule has 2 aromatic rings. The van der Waals surface area contributed by atoms with E-state index in [1.807, 2.05) is 43.5 Å². The molecule has 0 aliphatic rings. The fourth-order valence-electron chi connectivity index (χ4n) is 1.79. The molecule has 0 aliphatic carbocycles. The Labute approximate surface area is 124 Å². The lowest BCUT2D eigenvalue weighted by molar-refractivity contribution is 0.462. The van der Waals surface area contributed by atoms with Gasteiger partial charge in [-0.25, -0.2) is 4.98 Å². The Hall–Kier alpha value is -1.58. The van der Waals surface area contributed by atoms with Gasteiger partial charge in [-0.1, -0.05) is 24.6 Å². The first-order valence-electron chi connectivity index (χ1n) is 6.78. The second-order valence-corrected chi connectivity index (χ2v) is 5.10. The van der Waals surface area contributed by atoms with Gasteiger partial charge in [-0.3, -0.25) is 0 Å². The summed E-state index contributed by atoms with van der Waals surface area (Å²) in [5.41, 5.74) is 2.14. The van der Waals surface area contributed by atoms with Gasteiger partial charge in [0.2, 0.25) is 5.88 Å². The molecule has 1 heterocycles. The summed E-state index contributed by atoms with van der Waals surface area (Å²) in [4.78, 5) is 4.31. The highest BCUT2D eigenvalue weighted by Crippen LogP contribution is 2.24. The Kier molecular flexibility index (Phi) is 5.39. The molecule has 0 atom stereocenters. The van der Waals surface area contributed by atoms with Crippen LogP contribution in [0.2, 0.25) is 5.02 Å². The molecule has 0 saturated carbocycles. The minimum atomic E-state index is 0.589. The fraction of sp³-hybridized carbons (Fsp3) is 0.312. The van der Waals surface area contributed by atoms with Crippen LogP contribution in [-0.2, 0) is 6.54 Å². The predicted molar refractivity (Wildman–Crippen MR) is 82.5 cm³/mol. The van der Waals surface area contributed by atoms with Crippen molar-refractivity contribution >= 4 is 11.6 Å². The molecule has 2 rings (SSSR count). The van der Waals surface area contributed by atoms with Crippen molar-refractivity contribution in [2.45, 2.75) is 26.8 Å². The van der Waals surface area contributed by atoms with Crippen molar-refractivity contribution in [3.8, 4) is 11.6 Å². The van der Waals surface area contributed by atoms with Crippen LogP contribution in [0.1, 0.15) is 24.5 Å². The van der Waals surface area contributed by atoms with Crippen LogP contribution in [0.5, 0.6) is 11.6 Å². The molecule has 4 heteroatoms. The molecular weight excluding hydrogens is 272 g/mol. The van der Waals surface area contributed by atoms with Gasteiger partial charge in [0.1, 0.15) is 5.75 Å². The number of hydrogen-bond donors (Lipinski definition) is 1. The van der Waals surface area contributed by atoms with Crippen LogP contribution >= 0.6 is 11.6 Å². The summed E-state index contributed by atoms with van der Waals surface area (Å²) in [6.07, 6.45) is 2.96. The first-order chi connectivity index (χ1) is 9.69. The quantitative estimate of drug-likeness (QED) is 0.804. The number of nitrogens with zero attached hydrogens (tertiary/aromatic N) is 1. The van der Waals surface area contributed by atoms with Crippen LogP contribution in [0, 0.1) is 6.92 Å². The Morgan fingerprint density at radius 2 is 2.10 bits per heavy atom. The normalized spacial score (nSPS) is 10.6. The van der Waals surface area contributed by atoms with Crippen molar-refractivity contribution in [2.75, 3.05) is 6.54 Å². The van der Waals surface area contributed by atoms with Crippen LogP contribution in [0.4, 0.5) is 0 Å². The number of rotatable bonds is 6. The van der Waals surface area contributed by atoms with Gasteiger partial charge in [0, 0.05) is 23.8 Å². The third-order valence-corrected chi connectivity index (χ3v) is 3.33. The van der Waals surface area contributed by atoms with Gasteiger partial charge in [0.05, 0.1) is 0 Å². The van der Waals surface area contributed by atoms with Crippen LogP contribution in [-0.4, -0.2) is 11.5 Å². The molecule has 0 bridgehead atoms. The van der Waals surface area contributed by atoms with Crippen molar-refractivity contribution in [1.82, 2.24) is 10.3 Å². The van der Waals surface area contributed by atoms with Crippen molar-refractivity contribution in [1.29, 1.82) is 0 Å². The maximum atomic E-state index is 5.99. The standard InChI is InChI=1S/C16H19ClN2O/c1-3-8-18-10-13-4-7-16(19-11-13)20-14-5-6-15(17)12(2)9-14/h4-7,9,11,18H,3,8,10H2,1-2H3. The van der Waals surface area contributed by atoms with E-state index in [9.17, 15) is 0 Å². The Morgan fingerprint density at radius 3 is 2.75 bits per heavy atom. The van der Waals surface area contributed by atoms with E-state index in [0.29, 0.717) is 5.88 Å². The van der Waals surface area contributed by atoms with E-state index in [0.717, 1.165) is 41.4 Å². The van der Waals surface area contributed by atoms with E-state index in [2.05, 4.69) is 17.2 Å². The van der Waals surface area contributed by atoms with Gasteiger partial charge in [-0.2, -0.15) is 0 Å². The lowest BCUT2D eigenvalue weighted by atomic mass is 10.2. The van der Waals surface area contributed by atoms with E-state index in [-0.39, 0.29) is 0 Å². The first kappa shape index (κ1) is 14.8. The second-order valence-electron chi connectivity index (χ2n) is 4.69. The molecule has 0 amide bonds. The minimum Gasteiger partial charge on any atom is -0.439 e. The van der Waals surface area contributed by atoms with Crippen LogP contribution in [0.25, 0.3) is 0 Å². The van der Waals surface area contributed by atoms with E-state index in [4.69, 9.17) is 16.3 Å². The molecule has 1 aromatic heterocycles. The molecule has 0 saturated heterocycles. The number of pyridine rings is 1. The van der Waals surface area contributed by atoms with E-state index < -0.39 is 0 Å². The third-order valence-electron chi connectivity index (χ3n) is 2.91. The second kappa shape index (κ2) is 7.27. The largest absolute Gasteiger partial charge is 0.439 e. The van der Waals surface area contributed by atoms with E-state index in [1.54, 1.807) is 0 Å². The summed E-state index contributed by atoms with van der Waals surface area (Å²) in [5, 5.41) is 4.08. The summed E-state index contributed by atoms with van der Waals surface area (Å²) in [6, 6.07) is 9.48. The zero-order valence-corrected chi connectivity index (χ0v) is 12.6. The molecule has 3 nitrogen and oxygen atoms in total. The number of hydrogen-bond acceptors (Lipinski definition) is 3. The Morgan fingerprint density at radius 1 is 1.25 bits per heavy atom. The number of nitrogens with one attached hydrogen (secondary N) is 1. The topological polar surface area (TPSA) is 34.1 Å². The first-order valence-corrected chi connectivity index (χ1v) is 7.16. The minimum absolute atomic E-state index is 0.589. The molecule has 0 radical (unpaired) electrons. The van der Waals surface area contributed by atoms with Crippen molar-refractivity contribution < 1.29 is 4.74 Å². The van der Waals surface area contributed by atoms with Crippen LogP contribution < -0.4 is 10.1 Å². The highest BCUT2D eigenvalue weighted by molar-refractivity contribution is 6.31. The molecule has 0 aliphatic heterocycles. The SMILES string of the molecule is CCCNCc1ccc(Oc2ccc(Cl)c(C)c2)nc1. The predicted octanol–water partition coefficient (Wildman–Crippen LogP) is 4.34. The maximum Gasteiger partial charge on any atom is 0.219 e. The van der Waals surface area contributed by atoms with Crippen molar-refractivity contribution in [3.05, 3.63) is 52.7 Å². The van der Waals surface area contributed by atoms with E-state index >= 15 is 0 Å². The average Bonchev–Trinajstić information content (AvgIpc) is 2.45. The highest BCUT2D eigenvalue weighted by Gasteiger charge is 2.02. The van der Waals surface area contributed by atoms with Crippen LogP contribution in [0.15, 0.2) is 36.5 Å². The molecular formula is C16H19ClN2O. The number of aryl methyl sites for hydroxylation is 1. The Bertz CT molecular complexity index is 555. The molecule has 1 N–H and O–H groups in total. The highest BCUT2D eigenvalue weighted by atomic mass is 35.5. The van der Waals surface area contributed by atoms with Crippen molar-refractivity contribution in [2.24, 2.45) is 0 Å². The molecule has 0 fully saturated rings. The number of halogens is 1. The Balaban J connectivity index is 1.97. The summed E-state index contributed by atoms with van der Waals surface area (Å²) in [6.45, 7) is 5.95. The van der Waals surface area contributed by atoms with Crippen molar-refractivity contribution in [3.63, 3.8) is 0 Å². The maximum absolute atomic E-state index is 5.99. The zero-order valence-electron chi connectivity index (χ0n) is 11.8. The number of benzene rings is 1. The summed E-state index contributed by atoms with van der Waals surface area (Å²) in [5.74, 6) is 1.34.